The molecule has 1 amide bonds. The number of hydrogen-bond donors (Lipinski definition) is 1. The van der Waals surface area contributed by atoms with Crippen molar-refractivity contribution in [3.8, 4) is 11.5 Å². The third kappa shape index (κ3) is 5.77. The van der Waals surface area contributed by atoms with Crippen LogP contribution in [-0.2, 0) is 4.79 Å². The van der Waals surface area contributed by atoms with Gasteiger partial charge < -0.3 is 9.47 Å². The van der Waals surface area contributed by atoms with E-state index in [1.54, 1.807) is 12.3 Å². The van der Waals surface area contributed by atoms with Crippen LogP contribution in [0, 0.1) is 0 Å². The molecule has 5 heteroatoms. The highest BCUT2D eigenvalue weighted by molar-refractivity contribution is 5.85. The van der Waals surface area contributed by atoms with Crippen molar-refractivity contribution in [2.75, 3.05) is 13.2 Å². The standard InChI is InChI=1S/C21H24N2O3/c1-4-13-25-19-11-7-5-9-17(19)14-22-23-21(24)15-26-20-12-8-6-10-18(20)16(2)3/h4-12,14,16H,1,13,15H2,2-3H3,(H,23,24)/b22-14+. The first-order chi connectivity index (χ1) is 12.6. The van der Waals surface area contributed by atoms with Gasteiger partial charge in [-0.3, -0.25) is 4.79 Å². The molecule has 0 radical (unpaired) electrons. The SMILES string of the molecule is C=CCOc1ccccc1/C=N/NC(=O)COc1ccccc1C(C)C. The number of rotatable bonds is 9. The number of hydrogen-bond acceptors (Lipinski definition) is 4. The van der Waals surface area contributed by atoms with Gasteiger partial charge in [0.25, 0.3) is 5.91 Å². The van der Waals surface area contributed by atoms with Gasteiger partial charge in [-0.05, 0) is 29.7 Å². The monoisotopic (exact) mass is 352 g/mol. The molecule has 136 valence electrons. The highest BCUT2D eigenvalue weighted by Gasteiger charge is 2.08. The molecule has 1 N–H and O–H groups in total. The fourth-order valence-corrected chi connectivity index (χ4v) is 2.31. The maximum absolute atomic E-state index is 12.0. The largest absolute Gasteiger partial charge is 0.489 e. The van der Waals surface area contributed by atoms with Crippen LogP contribution in [-0.4, -0.2) is 25.3 Å². The quantitative estimate of drug-likeness (QED) is 0.423. The summed E-state index contributed by atoms with van der Waals surface area (Å²) in [7, 11) is 0. The van der Waals surface area contributed by atoms with Crippen molar-refractivity contribution in [1.29, 1.82) is 0 Å². The van der Waals surface area contributed by atoms with Gasteiger partial charge in [-0.15, -0.1) is 0 Å². The summed E-state index contributed by atoms with van der Waals surface area (Å²) in [6.07, 6.45) is 3.21. The summed E-state index contributed by atoms with van der Waals surface area (Å²) in [5, 5.41) is 3.97. The number of carbonyl (C=O) groups is 1. The number of nitrogens with one attached hydrogen (secondary N) is 1. The summed E-state index contributed by atoms with van der Waals surface area (Å²) >= 11 is 0. The molecule has 0 aliphatic heterocycles. The second kappa shape index (κ2) is 10.0. The minimum Gasteiger partial charge on any atom is -0.489 e. The van der Waals surface area contributed by atoms with E-state index >= 15 is 0 Å². The van der Waals surface area contributed by atoms with E-state index in [0.717, 1.165) is 11.1 Å². The normalized spacial score (nSPS) is 10.7. The number of hydrazone groups is 1. The first-order valence-corrected chi connectivity index (χ1v) is 8.48. The van der Waals surface area contributed by atoms with Crippen LogP contribution >= 0.6 is 0 Å². The van der Waals surface area contributed by atoms with Crippen molar-refractivity contribution in [2.45, 2.75) is 19.8 Å². The first-order valence-electron chi connectivity index (χ1n) is 8.48. The molecule has 0 atom stereocenters. The second-order valence-electron chi connectivity index (χ2n) is 5.91. The minimum absolute atomic E-state index is 0.102. The van der Waals surface area contributed by atoms with Gasteiger partial charge in [0.2, 0.25) is 0 Å². The predicted molar refractivity (Wildman–Crippen MR) is 104 cm³/mol. The van der Waals surface area contributed by atoms with Crippen LogP contribution in [0.25, 0.3) is 0 Å². The van der Waals surface area contributed by atoms with Crippen molar-refractivity contribution in [3.63, 3.8) is 0 Å². The number of benzene rings is 2. The number of amides is 1. The Labute approximate surface area is 154 Å². The second-order valence-corrected chi connectivity index (χ2v) is 5.91. The lowest BCUT2D eigenvalue weighted by molar-refractivity contribution is -0.123. The molecule has 2 aromatic carbocycles. The van der Waals surface area contributed by atoms with E-state index in [9.17, 15) is 4.79 Å². The lowest BCUT2D eigenvalue weighted by Crippen LogP contribution is -2.25. The molecule has 0 heterocycles. The summed E-state index contributed by atoms with van der Waals surface area (Å²) in [6, 6.07) is 15.1. The average molecular weight is 352 g/mol. The van der Waals surface area contributed by atoms with Crippen molar-refractivity contribution in [1.82, 2.24) is 5.43 Å². The molecule has 0 bridgehead atoms. The summed E-state index contributed by atoms with van der Waals surface area (Å²) in [6.45, 7) is 8.09. The Kier molecular flexibility index (Phi) is 7.43. The fourth-order valence-electron chi connectivity index (χ4n) is 2.31. The van der Waals surface area contributed by atoms with Crippen molar-refractivity contribution >= 4 is 12.1 Å². The van der Waals surface area contributed by atoms with E-state index in [4.69, 9.17) is 9.47 Å². The van der Waals surface area contributed by atoms with E-state index in [0.29, 0.717) is 24.0 Å². The molecule has 2 aromatic rings. The molecule has 0 unspecified atom stereocenters. The van der Waals surface area contributed by atoms with Crippen molar-refractivity contribution in [3.05, 3.63) is 72.3 Å². The Bertz CT molecular complexity index is 769. The highest BCUT2D eigenvalue weighted by atomic mass is 16.5. The molecule has 0 aliphatic carbocycles. The topological polar surface area (TPSA) is 59.9 Å². The van der Waals surface area contributed by atoms with Crippen LogP contribution in [0.5, 0.6) is 11.5 Å². The molecular formula is C21H24N2O3. The summed E-state index contributed by atoms with van der Waals surface area (Å²) in [5.41, 5.74) is 4.29. The Morgan fingerprint density at radius 2 is 1.81 bits per heavy atom. The third-order valence-electron chi connectivity index (χ3n) is 3.57. The van der Waals surface area contributed by atoms with Crippen molar-refractivity contribution in [2.24, 2.45) is 5.10 Å². The molecule has 5 nitrogen and oxygen atoms in total. The van der Waals surface area contributed by atoms with Crippen LogP contribution < -0.4 is 14.9 Å². The van der Waals surface area contributed by atoms with E-state index in [1.807, 2.05) is 48.5 Å². The molecular weight excluding hydrogens is 328 g/mol. The molecule has 0 aliphatic rings. The lowest BCUT2D eigenvalue weighted by Gasteiger charge is -2.13. The molecule has 2 rings (SSSR count). The van der Waals surface area contributed by atoms with Gasteiger partial charge in [0.1, 0.15) is 18.1 Å². The van der Waals surface area contributed by atoms with E-state index in [2.05, 4.69) is 31.0 Å². The Hall–Kier alpha value is -3.08. The predicted octanol–water partition coefficient (Wildman–Crippen LogP) is 3.90. The maximum Gasteiger partial charge on any atom is 0.277 e. The number of nitrogens with zero attached hydrogens (tertiary/aromatic N) is 1. The smallest absolute Gasteiger partial charge is 0.277 e. The van der Waals surface area contributed by atoms with Gasteiger partial charge in [0.05, 0.1) is 6.21 Å². The molecule has 26 heavy (non-hydrogen) atoms. The minimum atomic E-state index is -0.329. The highest BCUT2D eigenvalue weighted by Crippen LogP contribution is 2.25. The molecule has 0 aromatic heterocycles. The fraction of sp³-hybridized carbons (Fsp3) is 0.238. The maximum atomic E-state index is 12.0. The van der Waals surface area contributed by atoms with Crippen LogP contribution in [0.1, 0.15) is 30.9 Å². The first kappa shape index (κ1) is 19.2. The van der Waals surface area contributed by atoms with E-state index in [-0.39, 0.29) is 12.5 Å². The molecule has 0 saturated heterocycles. The van der Waals surface area contributed by atoms with Crippen LogP contribution in [0.4, 0.5) is 0 Å². The van der Waals surface area contributed by atoms with Gasteiger partial charge in [0.15, 0.2) is 6.61 Å². The van der Waals surface area contributed by atoms with Gasteiger partial charge in [-0.2, -0.15) is 5.10 Å². The number of para-hydroxylation sites is 2. The summed E-state index contributed by atoms with van der Waals surface area (Å²) in [5.74, 6) is 1.38. The van der Waals surface area contributed by atoms with Crippen LogP contribution in [0.3, 0.4) is 0 Å². The summed E-state index contributed by atoms with van der Waals surface area (Å²) in [4.78, 5) is 12.0. The lowest BCUT2D eigenvalue weighted by atomic mass is 10.0. The van der Waals surface area contributed by atoms with Gasteiger partial charge in [0, 0.05) is 5.56 Å². The zero-order valence-electron chi connectivity index (χ0n) is 15.1. The number of carbonyl (C=O) groups excluding carboxylic acids is 1. The number of ether oxygens (including phenoxy) is 2. The average Bonchev–Trinajstić information content (AvgIpc) is 2.65. The Balaban J connectivity index is 1.90. The van der Waals surface area contributed by atoms with Gasteiger partial charge in [-0.25, -0.2) is 5.43 Å². The van der Waals surface area contributed by atoms with Crippen LogP contribution in [0.15, 0.2) is 66.3 Å². The molecule has 0 saturated carbocycles. The van der Waals surface area contributed by atoms with Gasteiger partial charge in [-0.1, -0.05) is 56.8 Å². The Morgan fingerprint density at radius 3 is 2.54 bits per heavy atom. The van der Waals surface area contributed by atoms with E-state index < -0.39 is 0 Å². The zero-order chi connectivity index (χ0) is 18.8. The van der Waals surface area contributed by atoms with Crippen LogP contribution in [0.2, 0.25) is 0 Å². The van der Waals surface area contributed by atoms with Crippen molar-refractivity contribution < 1.29 is 14.3 Å². The molecule has 0 spiro atoms. The van der Waals surface area contributed by atoms with E-state index in [1.165, 1.54) is 0 Å². The summed E-state index contributed by atoms with van der Waals surface area (Å²) < 4.78 is 11.2. The van der Waals surface area contributed by atoms with Gasteiger partial charge >= 0.3 is 0 Å². The third-order valence-corrected chi connectivity index (χ3v) is 3.57. The zero-order valence-corrected chi connectivity index (χ0v) is 15.1. The molecule has 0 fully saturated rings. The Morgan fingerprint density at radius 1 is 1.12 bits per heavy atom.